The van der Waals surface area contributed by atoms with Crippen molar-refractivity contribution in [3.05, 3.63) is 35.8 Å². The Morgan fingerprint density at radius 1 is 1.40 bits per heavy atom. The van der Waals surface area contributed by atoms with Crippen LogP contribution in [0.4, 0.5) is 10.2 Å². The Balaban J connectivity index is 2.02. The van der Waals surface area contributed by atoms with E-state index in [9.17, 15) is 9.18 Å². The molecule has 1 aromatic heterocycles. The monoisotopic (exact) mass is 279 g/mol. The number of carbonyl (C=O) groups is 1. The third-order valence-corrected chi connectivity index (χ3v) is 2.65. The molecule has 0 bridgehead atoms. The fourth-order valence-corrected chi connectivity index (χ4v) is 1.54. The number of nitrogens with one attached hydrogen (secondary N) is 1. The topological polar surface area (TPSA) is 77.2 Å². The molecule has 0 aliphatic heterocycles. The number of aromatic nitrogens is 2. The van der Waals surface area contributed by atoms with Gasteiger partial charge in [-0.15, -0.1) is 0 Å². The van der Waals surface area contributed by atoms with Gasteiger partial charge < -0.3 is 10.1 Å². The molecule has 106 valence electrons. The number of rotatable bonds is 5. The molecule has 0 aliphatic rings. The number of carbonyl (C=O) groups excluding carboxylic acids is 1. The minimum atomic E-state index is -0.712. The first-order valence-electron chi connectivity index (χ1n) is 6.12. The lowest BCUT2D eigenvalue weighted by molar-refractivity contribution is -0.122. The highest BCUT2D eigenvalue weighted by Gasteiger charge is 2.20. The number of halogens is 1. The van der Waals surface area contributed by atoms with Gasteiger partial charge in [0.2, 0.25) is 0 Å². The van der Waals surface area contributed by atoms with Crippen LogP contribution in [0.1, 0.15) is 19.0 Å². The average molecular weight is 279 g/mol. The summed E-state index contributed by atoms with van der Waals surface area (Å²) < 4.78 is 22.8. The van der Waals surface area contributed by atoms with Crippen molar-refractivity contribution in [3.8, 4) is 5.75 Å². The molecule has 1 atom stereocenters. The maximum atomic E-state index is 12.8. The summed E-state index contributed by atoms with van der Waals surface area (Å²) in [6, 6.07) is 5.47. The van der Waals surface area contributed by atoms with Crippen LogP contribution in [-0.2, 0) is 4.79 Å². The van der Waals surface area contributed by atoms with Gasteiger partial charge in [-0.2, -0.15) is 0 Å². The molecule has 2 aromatic rings. The summed E-state index contributed by atoms with van der Waals surface area (Å²) >= 11 is 0. The second-order valence-corrected chi connectivity index (χ2v) is 4.16. The molecule has 0 unspecified atom stereocenters. The molecule has 1 amide bonds. The summed E-state index contributed by atoms with van der Waals surface area (Å²) in [5.74, 6) is -0.0469. The first-order valence-corrected chi connectivity index (χ1v) is 6.12. The summed E-state index contributed by atoms with van der Waals surface area (Å²) in [4.78, 5) is 12.0. The number of amides is 1. The van der Waals surface area contributed by atoms with E-state index in [1.54, 1.807) is 6.92 Å². The van der Waals surface area contributed by atoms with E-state index in [-0.39, 0.29) is 17.5 Å². The molecule has 0 radical (unpaired) electrons. The second kappa shape index (κ2) is 6.14. The maximum absolute atomic E-state index is 12.8. The van der Waals surface area contributed by atoms with Gasteiger partial charge >= 0.3 is 0 Å². The molecule has 0 aliphatic carbocycles. The van der Waals surface area contributed by atoms with Crippen molar-refractivity contribution in [2.75, 3.05) is 5.32 Å². The number of hydrogen-bond acceptors (Lipinski definition) is 5. The van der Waals surface area contributed by atoms with Crippen LogP contribution >= 0.6 is 0 Å². The smallest absolute Gasteiger partial charge is 0.266 e. The minimum Gasteiger partial charge on any atom is -0.481 e. The fraction of sp³-hybridized carbons (Fsp3) is 0.308. The van der Waals surface area contributed by atoms with Gasteiger partial charge in [0, 0.05) is 0 Å². The van der Waals surface area contributed by atoms with E-state index in [0.29, 0.717) is 17.9 Å². The van der Waals surface area contributed by atoms with Crippen LogP contribution in [0.2, 0.25) is 0 Å². The van der Waals surface area contributed by atoms with Crippen molar-refractivity contribution < 1.29 is 18.6 Å². The molecule has 1 heterocycles. The van der Waals surface area contributed by atoms with Crippen molar-refractivity contribution in [2.24, 2.45) is 0 Å². The summed E-state index contributed by atoms with van der Waals surface area (Å²) in [6.45, 7) is 3.47. The number of hydrogen-bond donors (Lipinski definition) is 1. The van der Waals surface area contributed by atoms with E-state index in [2.05, 4.69) is 20.3 Å². The molecule has 0 fully saturated rings. The van der Waals surface area contributed by atoms with Gasteiger partial charge in [0.25, 0.3) is 5.91 Å². The van der Waals surface area contributed by atoms with Gasteiger partial charge in [-0.1, -0.05) is 12.1 Å². The first kappa shape index (κ1) is 14.0. The van der Waals surface area contributed by atoms with E-state index >= 15 is 0 Å². The van der Waals surface area contributed by atoms with Crippen LogP contribution in [-0.4, -0.2) is 22.3 Å². The van der Waals surface area contributed by atoms with Gasteiger partial charge in [0.05, 0.1) is 0 Å². The molecule has 7 heteroatoms. The van der Waals surface area contributed by atoms with Crippen LogP contribution < -0.4 is 10.1 Å². The van der Waals surface area contributed by atoms with E-state index in [1.807, 2.05) is 6.92 Å². The lowest BCUT2D eigenvalue weighted by atomic mass is 10.2. The molecule has 0 spiro atoms. The van der Waals surface area contributed by atoms with Gasteiger partial charge in [0.1, 0.15) is 17.3 Å². The molecular formula is C13H14FN3O3. The quantitative estimate of drug-likeness (QED) is 0.908. The number of anilines is 1. The Bertz CT molecular complexity index is 583. The molecule has 1 N–H and O–H groups in total. The Morgan fingerprint density at radius 2 is 2.10 bits per heavy atom. The fourth-order valence-electron chi connectivity index (χ4n) is 1.54. The summed E-state index contributed by atoms with van der Waals surface area (Å²) in [5.41, 5.74) is 0.481. The highest BCUT2D eigenvalue weighted by molar-refractivity contribution is 5.93. The third-order valence-electron chi connectivity index (χ3n) is 2.65. The number of ether oxygens (including phenoxy) is 1. The Morgan fingerprint density at radius 3 is 2.65 bits per heavy atom. The van der Waals surface area contributed by atoms with E-state index in [4.69, 9.17) is 4.74 Å². The zero-order valence-electron chi connectivity index (χ0n) is 11.1. The van der Waals surface area contributed by atoms with E-state index < -0.39 is 6.10 Å². The van der Waals surface area contributed by atoms with Crippen LogP contribution in [0, 0.1) is 12.7 Å². The zero-order valence-corrected chi connectivity index (χ0v) is 11.1. The van der Waals surface area contributed by atoms with Crippen LogP contribution in [0.5, 0.6) is 5.75 Å². The Kier molecular flexibility index (Phi) is 4.29. The van der Waals surface area contributed by atoms with E-state index in [0.717, 1.165) is 0 Å². The second-order valence-electron chi connectivity index (χ2n) is 4.16. The van der Waals surface area contributed by atoms with Crippen molar-refractivity contribution in [1.82, 2.24) is 10.3 Å². The molecule has 2 rings (SSSR count). The molecule has 20 heavy (non-hydrogen) atoms. The number of aryl methyl sites for hydroxylation is 1. The Labute approximate surface area is 114 Å². The summed E-state index contributed by atoms with van der Waals surface area (Å²) in [5, 5.41) is 9.70. The predicted molar refractivity (Wildman–Crippen MR) is 68.8 cm³/mol. The number of nitrogens with zero attached hydrogens (tertiary/aromatic N) is 2. The predicted octanol–water partition coefficient (Wildman–Crippen LogP) is 2.31. The van der Waals surface area contributed by atoms with Gasteiger partial charge in [-0.25, -0.2) is 9.02 Å². The largest absolute Gasteiger partial charge is 0.481 e. The summed E-state index contributed by atoms with van der Waals surface area (Å²) in [6.07, 6.45) is -0.260. The van der Waals surface area contributed by atoms with Gasteiger partial charge in [-0.3, -0.25) is 4.79 Å². The normalized spacial score (nSPS) is 11.9. The lowest BCUT2D eigenvalue weighted by Gasteiger charge is -2.16. The highest BCUT2D eigenvalue weighted by Crippen LogP contribution is 2.16. The SMILES string of the molecule is CC[C@H](Oc1ccc(F)cc1)C(=O)Nc1nonc1C. The average Bonchev–Trinajstić information content (AvgIpc) is 2.83. The molecule has 1 aromatic carbocycles. The zero-order chi connectivity index (χ0) is 14.5. The molecule has 0 saturated heterocycles. The standard InChI is InChI=1S/C13H14FN3O3/c1-3-11(19-10-6-4-9(14)5-7-10)13(18)15-12-8(2)16-20-17-12/h4-7,11H,3H2,1-2H3,(H,15,17,18)/t11-/m0/s1. The van der Waals surface area contributed by atoms with Crippen molar-refractivity contribution in [2.45, 2.75) is 26.4 Å². The molecule has 6 nitrogen and oxygen atoms in total. The third kappa shape index (κ3) is 3.31. The molecular weight excluding hydrogens is 265 g/mol. The lowest BCUT2D eigenvalue weighted by Crippen LogP contribution is -2.32. The van der Waals surface area contributed by atoms with Crippen LogP contribution in [0.25, 0.3) is 0 Å². The van der Waals surface area contributed by atoms with Crippen LogP contribution in [0.15, 0.2) is 28.9 Å². The molecule has 0 saturated carbocycles. The van der Waals surface area contributed by atoms with Crippen molar-refractivity contribution >= 4 is 11.7 Å². The highest BCUT2D eigenvalue weighted by atomic mass is 19.1. The summed E-state index contributed by atoms with van der Waals surface area (Å²) in [7, 11) is 0. The van der Waals surface area contributed by atoms with Crippen molar-refractivity contribution in [3.63, 3.8) is 0 Å². The minimum absolute atomic E-state index is 0.260. The van der Waals surface area contributed by atoms with Crippen molar-refractivity contribution in [1.29, 1.82) is 0 Å². The first-order chi connectivity index (χ1) is 9.60. The van der Waals surface area contributed by atoms with Crippen LogP contribution in [0.3, 0.4) is 0 Å². The van der Waals surface area contributed by atoms with Gasteiger partial charge in [-0.05, 0) is 42.8 Å². The number of benzene rings is 1. The maximum Gasteiger partial charge on any atom is 0.266 e. The van der Waals surface area contributed by atoms with Gasteiger partial charge in [0.15, 0.2) is 11.9 Å². The van der Waals surface area contributed by atoms with E-state index in [1.165, 1.54) is 24.3 Å². The Hall–Kier alpha value is -2.44.